The Hall–Kier alpha value is -0.0500. The Labute approximate surface area is 95.5 Å². The maximum Gasteiger partial charge on any atom is 0.0590 e. The van der Waals surface area contributed by atoms with E-state index in [9.17, 15) is 0 Å². The van der Waals surface area contributed by atoms with Crippen LogP contribution in [0.3, 0.4) is 0 Å². The lowest BCUT2D eigenvalue weighted by molar-refractivity contribution is 0.406. The van der Waals surface area contributed by atoms with Crippen LogP contribution in [-0.2, 0) is 0 Å². The molecule has 80 valence electrons. The standard InChI is InChI=1S/C11H18ClNS/c1-5-7(2)10(13-4)11-9(12)8(3)6-14-11/h6-7,10,13H,5H2,1-4H3. The molecule has 0 radical (unpaired) electrons. The maximum atomic E-state index is 6.25. The fourth-order valence-electron chi connectivity index (χ4n) is 1.57. The third kappa shape index (κ3) is 2.30. The zero-order chi connectivity index (χ0) is 10.7. The van der Waals surface area contributed by atoms with E-state index in [1.54, 1.807) is 11.3 Å². The van der Waals surface area contributed by atoms with Gasteiger partial charge in [0.1, 0.15) is 0 Å². The second-order valence-corrected chi connectivity index (χ2v) is 5.04. The van der Waals surface area contributed by atoms with Crippen LogP contribution < -0.4 is 5.32 Å². The molecule has 1 N–H and O–H groups in total. The van der Waals surface area contributed by atoms with Crippen LogP contribution in [0.5, 0.6) is 0 Å². The van der Waals surface area contributed by atoms with Crippen LogP contribution in [0.2, 0.25) is 5.02 Å². The van der Waals surface area contributed by atoms with Crippen molar-refractivity contribution in [2.75, 3.05) is 7.05 Å². The third-order valence-corrected chi connectivity index (χ3v) is 4.53. The SMILES string of the molecule is CCC(C)C(NC)c1scc(C)c1Cl. The van der Waals surface area contributed by atoms with Crippen molar-refractivity contribution in [2.24, 2.45) is 5.92 Å². The molecule has 0 aliphatic rings. The molecule has 0 aliphatic carbocycles. The van der Waals surface area contributed by atoms with Gasteiger partial charge in [-0.15, -0.1) is 11.3 Å². The summed E-state index contributed by atoms with van der Waals surface area (Å²) in [5.41, 5.74) is 1.19. The average Bonchev–Trinajstić information content (AvgIpc) is 2.50. The summed E-state index contributed by atoms with van der Waals surface area (Å²) in [6.07, 6.45) is 1.17. The van der Waals surface area contributed by atoms with E-state index in [2.05, 4.69) is 31.5 Å². The molecule has 0 amide bonds. The fraction of sp³-hybridized carbons (Fsp3) is 0.636. The predicted octanol–water partition coefficient (Wildman–Crippen LogP) is 4.02. The largest absolute Gasteiger partial charge is 0.312 e. The molecule has 1 nitrogen and oxygen atoms in total. The molecule has 0 aromatic carbocycles. The zero-order valence-electron chi connectivity index (χ0n) is 9.23. The molecule has 1 rings (SSSR count). The molecule has 14 heavy (non-hydrogen) atoms. The van der Waals surface area contributed by atoms with Crippen LogP contribution in [0.1, 0.15) is 36.8 Å². The van der Waals surface area contributed by atoms with Crippen molar-refractivity contribution in [1.29, 1.82) is 0 Å². The highest BCUT2D eigenvalue weighted by atomic mass is 35.5. The van der Waals surface area contributed by atoms with E-state index in [4.69, 9.17) is 11.6 Å². The van der Waals surface area contributed by atoms with Crippen LogP contribution >= 0.6 is 22.9 Å². The van der Waals surface area contributed by atoms with Gasteiger partial charge >= 0.3 is 0 Å². The molecule has 2 atom stereocenters. The molecule has 0 aliphatic heterocycles. The fourth-order valence-corrected chi connectivity index (χ4v) is 3.12. The quantitative estimate of drug-likeness (QED) is 0.826. The molecule has 0 saturated carbocycles. The highest BCUT2D eigenvalue weighted by molar-refractivity contribution is 7.10. The monoisotopic (exact) mass is 231 g/mol. The lowest BCUT2D eigenvalue weighted by Crippen LogP contribution is -2.22. The van der Waals surface area contributed by atoms with E-state index in [0.29, 0.717) is 12.0 Å². The summed E-state index contributed by atoms with van der Waals surface area (Å²) >= 11 is 8.01. The number of hydrogen-bond acceptors (Lipinski definition) is 2. The minimum absolute atomic E-state index is 0.395. The van der Waals surface area contributed by atoms with E-state index < -0.39 is 0 Å². The second kappa shape index (κ2) is 5.15. The van der Waals surface area contributed by atoms with Gasteiger partial charge in [-0.1, -0.05) is 31.9 Å². The van der Waals surface area contributed by atoms with Gasteiger partial charge < -0.3 is 5.32 Å². The molecule has 0 saturated heterocycles. The molecule has 0 fully saturated rings. The Kier molecular flexibility index (Phi) is 4.42. The molecule has 1 heterocycles. The molecule has 1 aromatic rings. The molecule has 2 unspecified atom stereocenters. The topological polar surface area (TPSA) is 12.0 Å². The van der Waals surface area contributed by atoms with Crippen molar-refractivity contribution in [3.05, 3.63) is 20.8 Å². The van der Waals surface area contributed by atoms with Crippen LogP contribution in [0, 0.1) is 12.8 Å². The van der Waals surface area contributed by atoms with Gasteiger partial charge in [0.2, 0.25) is 0 Å². The first kappa shape index (κ1) is 12.0. The summed E-state index contributed by atoms with van der Waals surface area (Å²) in [5, 5.41) is 6.42. The van der Waals surface area contributed by atoms with Gasteiger partial charge in [0.25, 0.3) is 0 Å². The van der Waals surface area contributed by atoms with E-state index >= 15 is 0 Å². The summed E-state index contributed by atoms with van der Waals surface area (Å²) in [4.78, 5) is 1.28. The minimum atomic E-state index is 0.395. The highest BCUT2D eigenvalue weighted by Crippen LogP contribution is 2.36. The van der Waals surface area contributed by atoms with Crippen molar-refractivity contribution in [1.82, 2.24) is 5.32 Å². The van der Waals surface area contributed by atoms with Crippen molar-refractivity contribution in [2.45, 2.75) is 33.2 Å². The molecule has 3 heteroatoms. The number of thiophene rings is 1. The molecule has 1 aromatic heterocycles. The summed E-state index contributed by atoms with van der Waals surface area (Å²) in [6.45, 7) is 6.53. The van der Waals surface area contributed by atoms with Crippen LogP contribution in [0.25, 0.3) is 0 Å². The minimum Gasteiger partial charge on any atom is -0.312 e. The van der Waals surface area contributed by atoms with Crippen LogP contribution in [0.15, 0.2) is 5.38 Å². The smallest absolute Gasteiger partial charge is 0.0590 e. The molecule has 0 bridgehead atoms. The van der Waals surface area contributed by atoms with Gasteiger partial charge in [0, 0.05) is 10.9 Å². The van der Waals surface area contributed by atoms with Crippen LogP contribution in [0.4, 0.5) is 0 Å². The highest BCUT2D eigenvalue weighted by Gasteiger charge is 2.20. The van der Waals surface area contributed by atoms with Crippen molar-refractivity contribution in [3.8, 4) is 0 Å². The van der Waals surface area contributed by atoms with E-state index in [0.717, 1.165) is 5.02 Å². The Morgan fingerprint density at radius 2 is 2.21 bits per heavy atom. The van der Waals surface area contributed by atoms with Gasteiger partial charge in [-0.3, -0.25) is 0 Å². The van der Waals surface area contributed by atoms with Crippen molar-refractivity contribution in [3.63, 3.8) is 0 Å². The number of rotatable bonds is 4. The summed E-state index contributed by atoms with van der Waals surface area (Å²) in [7, 11) is 2.00. The molecular formula is C11H18ClNS. The Morgan fingerprint density at radius 3 is 2.57 bits per heavy atom. The van der Waals surface area contributed by atoms with E-state index in [1.807, 2.05) is 7.05 Å². The first-order valence-electron chi connectivity index (χ1n) is 5.02. The summed E-state index contributed by atoms with van der Waals surface area (Å²) in [5.74, 6) is 0.621. The van der Waals surface area contributed by atoms with Crippen molar-refractivity contribution < 1.29 is 0 Å². The summed E-state index contributed by atoms with van der Waals surface area (Å²) < 4.78 is 0. The predicted molar refractivity (Wildman–Crippen MR) is 65.3 cm³/mol. The van der Waals surface area contributed by atoms with Gasteiger partial charge in [-0.25, -0.2) is 0 Å². The second-order valence-electron chi connectivity index (χ2n) is 3.75. The number of halogens is 1. The van der Waals surface area contributed by atoms with Gasteiger partial charge in [-0.2, -0.15) is 0 Å². The van der Waals surface area contributed by atoms with Crippen LogP contribution in [-0.4, -0.2) is 7.05 Å². The first-order chi connectivity index (χ1) is 6.61. The number of aryl methyl sites for hydroxylation is 1. The Morgan fingerprint density at radius 1 is 1.57 bits per heavy atom. The van der Waals surface area contributed by atoms with Gasteiger partial charge in [-0.05, 0) is 30.8 Å². The van der Waals surface area contributed by atoms with E-state index in [-0.39, 0.29) is 0 Å². The zero-order valence-corrected chi connectivity index (χ0v) is 10.8. The first-order valence-corrected chi connectivity index (χ1v) is 6.28. The number of hydrogen-bond donors (Lipinski definition) is 1. The summed E-state index contributed by atoms with van der Waals surface area (Å²) in [6, 6.07) is 0.395. The maximum absolute atomic E-state index is 6.25. The lowest BCUT2D eigenvalue weighted by atomic mass is 9.98. The lowest BCUT2D eigenvalue weighted by Gasteiger charge is -2.21. The average molecular weight is 232 g/mol. The molecular weight excluding hydrogens is 214 g/mol. The van der Waals surface area contributed by atoms with Gasteiger partial charge in [0.05, 0.1) is 5.02 Å². The Balaban J connectivity index is 2.94. The van der Waals surface area contributed by atoms with Crippen molar-refractivity contribution >= 4 is 22.9 Å². The Bertz CT molecular complexity index is 295. The van der Waals surface area contributed by atoms with Gasteiger partial charge in [0.15, 0.2) is 0 Å². The molecule has 0 spiro atoms. The number of nitrogens with one attached hydrogen (secondary N) is 1. The third-order valence-electron chi connectivity index (χ3n) is 2.73. The normalized spacial score (nSPS) is 15.5. The van der Waals surface area contributed by atoms with E-state index in [1.165, 1.54) is 16.9 Å².